The van der Waals surface area contributed by atoms with Crippen molar-refractivity contribution in [2.75, 3.05) is 0 Å². The third kappa shape index (κ3) is 6.23. The van der Waals surface area contributed by atoms with Gasteiger partial charge in [-0.05, 0) is 155 Å². The highest BCUT2D eigenvalue weighted by atomic mass is 16.3. The molecular weight excluding hydrogens is 939 g/mol. The summed E-state index contributed by atoms with van der Waals surface area (Å²) in [6.45, 7) is 0. The molecule has 5 heterocycles. The fourth-order valence-electron chi connectivity index (χ4n) is 12.8. The van der Waals surface area contributed by atoms with E-state index in [-0.39, 0.29) is 0 Å². The number of para-hydroxylation sites is 5. The van der Waals surface area contributed by atoms with Crippen LogP contribution in [0.2, 0.25) is 0 Å². The van der Waals surface area contributed by atoms with Crippen molar-refractivity contribution in [1.29, 1.82) is 0 Å². The van der Waals surface area contributed by atoms with Crippen molar-refractivity contribution in [2.45, 2.75) is 0 Å². The van der Waals surface area contributed by atoms with Crippen LogP contribution in [0.5, 0.6) is 0 Å². The predicted octanol–water partition coefficient (Wildman–Crippen LogP) is 19.8. The molecule has 17 aromatic rings. The minimum Gasteiger partial charge on any atom is -0.456 e. The number of furan rings is 2. The maximum atomic E-state index is 6.68. The SMILES string of the molecule is c1ccc(-n2c3ccc(-c4ccc5oc6cccc(-c7ccc8c(c7)c7ccccc7n8-c7ccc8oc9ccccc9c8c7)c6c5c4)cc3c3cc(-c4ccc5c6ccccc6n(-c6ccccc6)c5c4)ccc32)cc1. The van der Waals surface area contributed by atoms with Gasteiger partial charge in [0.05, 0.1) is 33.1 Å². The van der Waals surface area contributed by atoms with Crippen LogP contribution in [0.25, 0.3) is 160 Å². The summed E-state index contributed by atoms with van der Waals surface area (Å²) in [4.78, 5) is 0. The minimum absolute atomic E-state index is 0.866. The molecule has 17 rings (SSSR count). The molecule has 0 aliphatic heterocycles. The van der Waals surface area contributed by atoms with Crippen molar-refractivity contribution in [3.05, 3.63) is 261 Å². The molecule has 0 saturated carbocycles. The van der Waals surface area contributed by atoms with Gasteiger partial charge in [-0.25, -0.2) is 0 Å². The lowest BCUT2D eigenvalue weighted by molar-refractivity contribution is 0.668. The number of fused-ring (bicyclic) bond motifs is 15. The fourth-order valence-corrected chi connectivity index (χ4v) is 12.8. The van der Waals surface area contributed by atoms with Crippen molar-refractivity contribution in [1.82, 2.24) is 13.7 Å². The topological polar surface area (TPSA) is 41.1 Å². The predicted molar refractivity (Wildman–Crippen MR) is 320 cm³/mol. The van der Waals surface area contributed by atoms with Gasteiger partial charge in [0.25, 0.3) is 0 Å². The van der Waals surface area contributed by atoms with Gasteiger partial charge in [-0.15, -0.1) is 0 Å². The van der Waals surface area contributed by atoms with E-state index in [0.717, 1.165) is 99.7 Å². The number of nitrogens with zero attached hydrogens (tertiary/aromatic N) is 3. The largest absolute Gasteiger partial charge is 0.456 e. The molecule has 12 aromatic carbocycles. The molecule has 0 N–H and O–H groups in total. The lowest BCUT2D eigenvalue weighted by Gasteiger charge is -2.10. The second-order valence-electron chi connectivity index (χ2n) is 20.4. The highest BCUT2D eigenvalue weighted by molar-refractivity contribution is 6.17. The molecule has 0 spiro atoms. The molecule has 0 aliphatic carbocycles. The molecule has 0 amide bonds. The van der Waals surface area contributed by atoms with E-state index in [9.17, 15) is 0 Å². The molecule has 358 valence electrons. The maximum Gasteiger partial charge on any atom is 0.136 e. The molecule has 0 radical (unpaired) electrons. The van der Waals surface area contributed by atoms with Crippen molar-refractivity contribution in [3.8, 4) is 50.4 Å². The van der Waals surface area contributed by atoms with Crippen LogP contribution >= 0.6 is 0 Å². The number of benzene rings is 12. The van der Waals surface area contributed by atoms with Crippen molar-refractivity contribution in [3.63, 3.8) is 0 Å². The summed E-state index contributed by atoms with van der Waals surface area (Å²) in [7, 11) is 0. The summed E-state index contributed by atoms with van der Waals surface area (Å²) < 4.78 is 20.1. The maximum absolute atomic E-state index is 6.68. The zero-order valence-electron chi connectivity index (χ0n) is 41.5. The van der Waals surface area contributed by atoms with E-state index in [1.165, 1.54) is 60.0 Å². The number of hydrogen-bond acceptors (Lipinski definition) is 2. The van der Waals surface area contributed by atoms with Crippen LogP contribution in [-0.2, 0) is 0 Å². The van der Waals surface area contributed by atoms with Gasteiger partial charge in [0.15, 0.2) is 0 Å². The van der Waals surface area contributed by atoms with Crippen molar-refractivity contribution in [2.24, 2.45) is 0 Å². The first-order chi connectivity index (χ1) is 38.2. The molecule has 0 unspecified atom stereocenters. The summed E-state index contributed by atoms with van der Waals surface area (Å²) in [5.41, 5.74) is 20.9. The Morgan fingerprint density at radius 1 is 0.208 bits per heavy atom. The van der Waals surface area contributed by atoms with Gasteiger partial charge in [0.2, 0.25) is 0 Å². The van der Waals surface area contributed by atoms with Crippen molar-refractivity contribution >= 4 is 109 Å². The molecule has 5 heteroatoms. The zero-order chi connectivity index (χ0) is 50.3. The Balaban J connectivity index is 0.809. The fraction of sp³-hybridized carbons (Fsp3) is 0. The molecular formula is C72H43N3O2. The monoisotopic (exact) mass is 981 g/mol. The highest BCUT2D eigenvalue weighted by Gasteiger charge is 2.21. The Kier molecular flexibility index (Phi) is 8.77. The molecule has 0 bridgehead atoms. The van der Waals surface area contributed by atoms with Gasteiger partial charge in [-0.3, -0.25) is 0 Å². The standard InChI is InChI=1S/C72H43N3O2/c1-3-14-49(15-4-1)73-65-33-27-44(38-58(65)59-39-45(28-34-66(59)73)47-26-32-55-53-18-7-10-22-62(53)74(67(55)42-47)50-16-5-2-6-17-50)46-30-36-70-61(40-46)72-52(21-13-25-71(72)77-70)48-29-35-64-57(41-48)54-19-8-11-23-63(54)75(64)51-31-37-69-60(43-51)56-20-9-12-24-68(56)76-69/h1-43H. The molecule has 0 aliphatic rings. The molecule has 0 saturated heterocycles. The number of aromatic nitrogens is 3. The lowest BCUT2D eigenvalue weighted by atomic mass is 9.96. The van der Waals surface area contributed by atoms with Crippen LogP contribution in [0.3, 0.4) is 0 Å². The minimum atomic E-state index is 0.866. The molecule has 77 heavy (non-hydrogen) atoms. The highest BCUT2D eigenvalue weighted by Crippen LogP contribution is 2.44. The van der Waals surface area contributed by atoms with E-state index in [4.69, 9.17) is 8.83 Å². The van der Waals surface area contributed by atoms with Crippen LogP contribution in [0.15, 0.2) is 270 Å². The Hall–Kier alpha value is -10.4. The molecule has 0 fully saturated rings. The summed E-state index contributed by atoms with van der Waals surface area (Å²) >= 11 is 0. The van der Waals surface area contributed by atoms with Crippen LogP contribution in [0.1, 0.15) is 0 Å². The van der Waals surface area contributed by atoms with Crippen molar-refractivity contribution < 1.29 is 8.83 Å². The Morgan fingerprint density at radius 2 is 0.636 bits per heavy atom. The summed E-state index contributed by atoms with van der Waals surface area (Å²) in [5, 5.41) is 11.7. The Morgan fingerprint density at radius 3 is 1.34 bits per heavy atom. The Bertz CT molecular complexity index is 5280. The van der Waals surface area contributed by atoms with Crippen LogP contribution < -0.4 is 0 Å². The van der Waals surface area contributed by atoms with E-state index in [1.807, 2.05) is 12.1 Å². The first kappa shape index (κ1) is 42.0. The van der Waals surface area contributed by atoms with Crippen LogP contribution in [0, 0.1) is 0 Å². The van der Waals surface area contributed by atoms with Gasteiger partial charge in [0.1, 0.15) is 22.3 Å². The Labute approximate surface area is 440 Å². The zero-order valence-corrected chi connectivity index (χ0v) is 41.5. The van der Waals surface area contributed by atoms with Gasteiger partial charge < -0.3 is 22.5 Å². The quantitative estimate of drug-likeness (QED) is 0.167. The van der Waals surface area contributed by atoms with Gasteiger partial charge in [-0.1, -0.05) is 140 Å². The molecule has 0 atom stereocenters. The van der Waals surface area contributed by atoms with E-state index in [2.05, 4.69) is 262 Å². The summed E-state index contributed by atoms with van der Waals surface area (Å²) in [6.07, 6.45) is 0. The summed E-state index contributed by atoms with van der Waals surface area (Å²) in [5.74, 6) is 0. The second-order valence-corrected chi connectivity index (χ2v) is 20.4. The lowest BCUT2D eigenvalue weighted by Crippen LogP contribution is -1.93. The van der Waals surface area contributed by atoms with Gasteiger partial charge >= 0.3 is 0 Å². The first-order valence-electron chi connectivity index (χ1n) is 26.3. The molecule has 5 aromatic heterocycles. The average molecular weight is 982 g/mol. The van der Waals surface area contributed by atoms with Gasteiger partial charge in [0, 0.05) is 70.9 Å². The third-order valence-corrected chi connectivity index (χ3v) is 16.2. The van der Waals surface area contributed by atoms with E-state index in [0.29, 0.717) is 0 Å². The normalized spacial score (nSPS) is 12.2. The number of rotatable bonds is 6. The van der Waals surface area contributed by atoms with Crippen LogP contribution in [-0.4, -0.2) is 13.7 Å². The van der Waals surface area contributed by atoms with E-state index >= 15 is 0 Å². The van der Waals surface area contributed by atoms with E-state index in [1.54, 1.807) is 0 Å². The van der Waals surface area contributed by atoms with Gasteiger partial charge in [-0.2, -0.15) is 0 Å². The third-order valence-electron chi connectivity index (χ3n) is 16.2. The smallest absolute Gasteiger partial charge is 0.136 e. The molecule has 5 nitrogen and oxygen atoms in total. The van der Waals surface area contributed by atoms with E-state index < -0.39 is 0 Å². The summed E-state index contributed by atoms with van der Waals surface area (Å²) in [6, 6.07) is 94.6. The first-order valence-corrected chi connectivity index (χ1v) is 26.3. The number of hydrogen-bond donors (Lipinski definition) is 0. The average Bonchev–Trinajstić information content (AvgIpc) is 4.50. The second kappa shape index (κ2) is 16.1. The van der Waals surface area contributed by atoms with Crippen LogP contribution in [0.4, 0.5) is 0 Å².